The molecule has 1 heterocycles. The number of ether oxygens (including phenoxy) is 2. The van der Waals surface area contributed by atoms with Gasteiger partial charge in [-0.2, -0.15) is 0 Å². The Morgan fingerprint density at radius 3 is 2.40 bits per heavy atom. The number of ketones is 1. The second-order valence-corrected chi connectivity index (χ2v) is 8.29. The lowest BCUT2D eigenvalue weighted by Crippen LogP contribution is -2.32. The van der Waals surface area contributed by atoms with E-state index >= 15 is 0 Å². The van der Waals surface area contributed by atoms with E-state index in [-0.39, 0.29) is 24.3 Å². The van der Waals surface area contributed by atoms with Gasteiger partial charge in [0.15, 0.2) is 0 Å². The third-order valence-electron chi connectivity index (χ3n) is 5.97. The Morgan fingerprint density at radius 2 is 1.74 bits per heavy atom. The zero-order valence-corrected chi connectivity index (χ0v) is 19.5. The van der Waals surface area contributed by atoms with Gasteiger partial charge in [0.2, 0.25) is 0 Å². The van der Waals surface area contributed by atoms with Gasteiger partial charge in [0.05, 0.1) is 18.2 Å². The number of methoxy groups -OCH3 is 1. The first-order chi connectivity index (χ1) is 16.9. The van der Waals surface area contributed by atoms with Gasteiger partial charge in [0.25, 0.3) is 11.7 Å². The predicted octanol–water partition coefficient (Wildman–Crippen LogP) is 4.78. The van der Waals surface area contributed by atoms with Crippen LogP contribution in [0.2, 0.25) is 0 Å². The largest absolute Gasteiger partial charge is 0.507 e. The third kappa shape index (κ3) is 5.10. The van der Waals surface area contributed by atoms with Crippen LogP contribution in [-0.4, -0.2) is 42.0 Å². The molecule has 1 N–H and O–H groups in total. The molecule has 1 atom stereocenters. The van der Waals surface area contributed by atoms with Gasteiger partial charge in [-0.1, -0.05) is 54.6 Å². The van der Waals surface area contributed by atoms with Crippen LogP contribution in [0.15, 0.2) is 78.4 Å². The molecule has 0 aliphatic carbocycles. The molecule has 35 heavy (non-hydrogen) atoms. The van der Waals surface area contributed by atoms with Crippen LogP contribution in [0.3, 0.4) is 0 Å². The van der Waals surface area contributed by atoms with Crippen molar-refractivity contribution in [2.24, 2.45) is 0 Å². The number of aliphatic hydroxyl groups excluding tert-OH is 1. The maximum absolute atomic E-state index is 14.2. The summed E-state index contributed by atoms with van der Waals surface area (Å²) in [5.41, 5.74) is 2.08. The summed E-state index contributed by atoms with van der Waals surface area (Å²) < 4.78 is 25.1. The van der Waals surface area contributed by atoms with Crippen molar-refractivity contribution in [1.29, 1.82) is 0 Å². The average Bonchev–Trinajstić information content (AvgIpc) is 3.13. The number of halogens is 1. The van der Waals surface area contributed by atoms with E-state index in [0.29, 0.717) is 23.5 Å². The second-order valence-electron chi connectivity index (χ2n) is 8.29. The lowest BCUT2D eigenvalue weighted by Gasteiger charge is -2.25. The quantitative estimate of drug-likeness (QED) is 0.288. The first-order valence-electron chi connectivity index (χ1n) is 11.2. The van der Waals surface area contributed by atoms with Gasteiger partial charge < -0.3 is 19.5 Å². The molecule has 180 valence electrons. The van der Waals surface area contributed by atoms with E-state index in [2.05, 4.69) is 0 Å². The highest BCUT2D eigenvalue weighted by Crippen LogP contribution is 2.39. The van der Waals surface area contributed by atoms with Crippen molar-refractivity contribution in [3.8, 4) is 5.75 Å². The first kappa shape index (κ1) is 24.2. The first-order valence-corrected chi connectivity index (χ1v) is 11.2. The van der Waals surface area contributed by atoms with Crippen molar-refractivity contribution in [3.05, 3.63) is 106 Å². The molecule has 0 aromatic heterocycles. The monoisotopic (exact) mass is 475 g/mol. The molecule has 0 spiro atoms. The number of rotatable bonds is 8. The number of Topliss-reactive ketones (excluding diaryl/α,β-unsaturated/α-hetero) is 1. The highest BCUT2D eigenvalue weighted by molar-refractivity contribution is 6.46. The zero-order chi connectivity index (χ0) is 24.9. The van der Waals surface area contributed by atoms with Crippen molar-refractivity contribution in [2.45, 2.75) is 19.6 Å². The molecule has 1 unspecified atom stereocenters. The lowest BCUT2D eigenvalue weighted by atomic mass is 9.95. The van der Waals surface area contributed by atoms with E-state index in [1.54, 1.807) is 31.2 Å². The molecule has 1 amide bonds. The minimum Gasteiger partial charge on any atom is -0.507 e. The van der Waals surface area contributed by atoms with Crippen LogP contribution in [0, 0.1) is 12.7 Å². The van der Waals surface area contributed by atoms with Crippen molar-refractivity contribution >= 4 is 17.4 Å². The van der Waals surface area contributed by atoms with Crippen molar-refractivity contribution in [3.63, 3.8) is 0 Å². The zero-order valence-electron chi connectivity index (χ0n) is 19.5. The van der Waals surface area contributed by atoms with Crippen LogP contribution in [0.5, 0.6) is 5.75 Å². The number of aryl methyl sites for hydroxylation is 1. The number of amides is 1. The molecule has 3 aromatic carbocycles. The van der Waals surface area contributed by atoms with Gasteiger partial charge >= 0.3 is 0 Å². The van der Waals surface area contributed by atoms with E-state index in [1.807, 2.05) is 30.3 Å². The van der Waals surface area contributed by atoms with Gasteiger partial charge in [0.1, 0.15) is 23.9 Å². The summed E-state index contributed by atoms with van der Waals surface area (Å²) in [5, 5.41) is 11.0. The molecule has 7 heteroatoms. The Bertz CT molecular complexity index is 1250. The minimum absolute atomic E-state index is 0.0905. The summed E-state index contributed by atoms with van der Waals surface area (Å²) in [6.45, 7) is 2.35. The number of hydrogen-bond donors (Lipinski definition) is 1. The highest BCUT2D eigenvalue weighted by atomic mass is 19.1. The van der Waals surface area contributed by atoms with Crippen molar-refractivity contribution < 1.29 is 28.6 Å². The SMILES string of the molecule is COCCN1C(=O)C(=O)/C(=C(/O)c2ccc(C)c(F)c2)C1c1ccc(OCc2ccccc2)cc1. The molecule has 0 bridgehead atoms. The number of likely N-dealkylation sites (tertiary alicyclic amines) is 1. The Labute approximate surface area is 203 Å². The smallest absolute Gasteiger partial charge is 0.295 e. The molecule has 0 saturated carbocycles. The fraction of sp³-hybridized carbons (Fsp3) is 0.214. The maximum atomic E-state index is 14.2. The molecule has 4 rings (SSSR count). The molecule has 1 aliphatic rings. The van der Waals surface area contributed by atoms with Gasteiger partial charge in [-0.25, -0.2) is 4.39 Å². The minimum atomic E-state index is -0.849. The Hall–Kier alpha value is -3.97. The van der Waals surface area contributed by atoms with E-state index in [4.69, 9.17) is 9.47 Å². The van der Waals surface area contributed by atoms with Gasteiger partial charge in [-0.3, -0.25) is 9.59 Å². The third-order valence-corrected chi connectivity index (χ3v) is 5.97. The number of nitrogens with zero attached hydrogens (tertiary/aromatic N) is 1. The van der Waals surface area contributed by atoms with Gasteiger partial charge in [0, 0.05) is 19.2 Å². The average molecular weight is 476 g/mol. The summed E-state index contributed by atoms with van der Waals surface area (Å²) in [4.78, 5) is 27.2. The summed E-state index contributed by atoms with van der Waals surface area (Å²) in [6.07, 6.45) is 0. The number of hydrogen-bond acceptors (Lipinski definition) is 5. The Kier molecular flexibility index (Phi) is 7.27. The van der Waals surface area contributed by atoms with Crippen LogP contribution >= 0.6 is 0 Å². The molecular formula is C28H26FNO5. The van der Waals surface area contributed by atoms with Crippen LogP contribution in [-0.2, 0) is 20.9 Å². The highest BCUT2D eigenvalue weighted by Gasteiger charge is 2.45. The topological polar surface area (TPSA) is 76.1 Å². The summed E-state index contributed by atoms with van der Waals surface area (Å²) in [7, 11) is 1.50. The molecule has 1 aliphatic heterocycles. The van der Waals surface area contributed by atoms with Gasteiger partial charge in [-0.05, 0) is 41.8 Å². The number of carbonyl (C=O) groups is 2. The number of aliphatic hydroxyl groups is 1. The molecule has 1 fully saturated rings. The van der Waals surface area contributed by atoms with Crippen LogP contribution in [0.25, 0.3) is 5.76 Å². The summed E-state index contributed by atoms with van der Waals surface area (Å²) in [6, 6.07) is 20.1. The Morgan fingerprint density at radius 1 is 1.03 bits per heavy atom. The van der Waals surface area contributed by atoms with Crippen molar-refractivity contribution in [1.82, 2.24) is 4.90 Å². The molecule has 1 saturated heterocycles. The molecular weight excluding hydrogens is 449 g/mol. The number of benzene rings is 3. The maximum Gasteiger partial charge on any atom is 0.295 e. The summed E-state index contributed by atoms with van der Waals surface area (Å²) >= 11 is 0. The second kappa shape index (κ2) is 10.5. The van der Waals surface area contributed by atoms with Crippen LogP contribution in [0.1, 0.15) is 28.3 Å². The number of carbonyl (C=O) groups excluding carboxylic acids is 2. The van der Waals surface area contributed by atoms with E-state index < -0.39 is 29.3 Å². The normalized spacial score (nSPS) is 17.1. The molecule has 3 aromatic rings. The van der Waals surface area contributed by atoms with E-state index in [1.165, 1.54) is 24.1 Å². The lowest BCUT2D eigenvalue weighted by molar-refractivity contribution is -0.140. The summed E-state index contributed by atoms with van der Waals surface area (Å²) in [5.74, 6) is -1.89. The van der Waals surface area contributed by atoms with Crippen LogP contribution in [0.4, 0.5) is 4.39 Å². The van der Waals surface area contributed by atoms with Gasteiger partial charge in [-0.15, -0.1) is 0 Å². The van der Waals surface area contributed by atoms with E-state index in [0.717, 1.165) is 11.6 Å². The fourth-order valence-corrected chi connectivity index (χ4v) is 4.03. The van der Waals surface area contributed by atoms with Crippen molar-refractivity contribution in [2.75, 3.05) is 20.3 Å². The molecule has 6 nitrogen and oxygen atoms in total. The van der Waals surface area contributed by atoms with Crippen LogP contribution < -0.4 is 4.74 Å². The van der Waals surface area contributed by atoms with E-state index in [9.17, 15) is 19.1 Å². The fourth-order valence-electron chi connectivity index (χ4n) is 4.03. The Balaban J connectivity index is 1.69. The molecule has 0 radical (unpaired) electrons. The predicted molar refractivity (Wildman–Crippen MR) is 129 cm³/mol. The standard InChI is InChI=1S/C28H26FNO5/c1-18-8-9-21(16-23(18)29)26(31)24-25(30(14-15-34-2)28(33)27(24)32)20-10-12-22(13-11-20)35-17-19-6-4-3-5-7-19/h3-13,16,25,31H,14-15,17H2,1-2H3/b26-24+.